The molecule has 1 saturated heterocycles. The van der Waals surface area contributed by atoms with Gasteiger partial charge in [0.25, 0.3) is 0 Å². The van der Waals surface area contributed by atoms with E-state index in [1.807, 2.05) is 6.20 Å². The van der Waals surface area contributed by atoms with Crippen LogP contribution in [0, 0.1) is 0 Å². The molecule has 9 heteroatoms. The average Bonchev–Trinajstić information content (AvgIpc) is 3.27. The van der Waals surface area contributed by atoms with E-state index in [0.717, 1.165) is 43.3 Å². The molecular weight excluding hydrogens is 357 g/mol. The molecule has 3 N–H and O–H groups in total. The lowest BCUT2D eigenvalue weighted by Crippen LogP contribution is -2.45. The van der Waals surface area contributed by atoms with Crippen molar-refractivity contribution < 1.29 is 13.2 Å². The molecular formula is C18H23F3N6. The lowest BCUT2D eigenvalue weighted by Gasteiger charge is -2.34. The number of hydrogen-bond donors (Lipinski definition) is 3. The Labute approximate surface area is 155 Å². The largest absolute Gasteiger partial charge is 0.419 e. The molecule has 0 atom stereocenters. The number of fused-ring (bicyclic) bond motifs is 1. The summed E-state index contributed by atoms with van der Waals surface area (Å²) in [7, 11) is 3.62. The van der Waals surface area contributed by atoms with Crippen LogP contribution in [-0.2, 0) is 6.18 Å². The van der Waals surface area contributed by atoms with E-state index < -0.39 is 11.7 Å². The Hall–Kier alpha value is -2.26. The number of pyridine rings is 1. The maximum absolute atomic E-state index is 13.4. The molecule has 6 nitrogen and oxygen atoms in total. The van der Waals surface area contributed by atoms with Gasteiger partial charge in [0.1, 0.15) is 5.65 Å². The number of likely N-dealkylation sites (tertiary alicyclic amines) is 1. The number of alkyl halides is 3. The van der Waals surface area contributed by atoms with Crippen LogP contribution < -0.4 is 10.7 Å². The molecule has 4 rings (SSSR count). The zero-order valence-electron chi connectivity index (χ0n) is 15.3. The first-order valence-corrected chi connectivity index (χ1v) is 9.05. The highest BCUT2D eigenvalue weighted by molar-refractivity contribution is 6.01. The average molecular weight is 380 g/mol. The highest BCUT2D eigenvalue weighted by Crippen LogP contribution is 2.40. The summed E-state index contributed by atoms with van der Waals surface area (Å²) in [5, 5.41) is 5.32. The molecule has 0 unspecified atom stereocenters. The Morgan fingerprint density at radius 1 is 1.26 bits per heavy atom. The molecule has 0 spiro atoms. The first kappa shape index (κ1) is 18.1. The van der Waals surface area contributed by atoms with Crippen LogP contribution in [0.4, 0.5) is 18.9 Å². The number of aromatic amines is 1. The number of hydrazine groups is 1. The van der Waals surface area contributed by atoms with Crippen LogP contribution >= 0.6 is 0 Å². The minimum absolute atomic E-state index is 0.0578. The quantitative estimate of drug-likeness (QED) is 0.765. The number of rotatable bonds is 3. The standard InChI is InChI=1S/C18H23F3N6/c1-22-16-14(18(19,20)21)9-24-17-15(16)13(8-23-17)11-7-25-27(10-11)12-3-5-26(2)6-4-12/h8-10,12,25H,3-7H2,1-2H3,(H2,22,23,24). The Morgan fingerprint density at radius 3 is 2.67 bits per heavy atom. The number of nitrogens with zero attached hydrogens (tertiary/aromatic N) is 3. The van der Waals surface area contributed by atoms with Crippen molar-refractivity contribution in [2.24, 2.45) is 0 Å². The van der Waals surface area contributed by atoms with Gasteiger partial charge < -0.3 is 20.2 Å². The molecule has 27 heavy (non-hydrogen) atoms. The van der Waals surface area contributed by atoms with Crippen molar-refractivity contribution in [3.63, 3.8) is 0 Å². The van der Waals surface area contributed by atoms with Crippen molar-refractivity contribution in [1.82, 2.24) is 25.3 Å². The molecule has 2 aromatic rings. The molecule has 0 aromatic carbocycles. The summed E-state index contributed by atoms with van der Waals surface area (Å²) < 4.78 is 40.2. The monoisotopic (exact) mass is 380 g/mol. The number of aromatic nitrogens is 2. The van der Waals surface area contributed by atoms with Crippen molar-refractivity contribution >= 4 is 22.3 Å². The number of anilines is 1. The number of hydrogen-bond acceptors (Lipinski definition) is 5. The number of piperidine rings is 1. The van der Waals surface area contributed by atoms with Crippen LogP contribution in [0.1, 0.15) is 24.0 Å². The summed E-state index contributed by atoms with van der Waals surface area (Å²) in [5.74, 6) is 0. The van der Waals surface area contributed by atoms with Gasteiger partial charge in [0, 0.05) is 43.8 Å². The Kier molecular flexibility index (Phi) is 4.51. The molecule has 0 amide bonds. The van der Waals surface area contributed by atoms with Crippen LogP contribution in [0.5, 0.6) is 0 Å². The van der Waals surface area contributed by atoms with Gasteiger partial charge in [-0.2, -0.15) is 13.2 Å². The fourth-order valence-corrected chi connectivity index (χ4v) is 3.93. The third-order valence-electron chi connectivity index (χ3n) is 5.43. The summed E-state index contributed by atoms with van der Waals surface area (Å²) in [6.45, 7) is 2.67. The van der Waals surface area contributed by atoms with Crippen molar-refractivity contribution in [3.8, 4) is 0 Å². The second-order valence-corrected chi connectivity index (χ2v) is 7.15. The van der Waals surface area contributed by atoms with Crippen LogP contribution in [0.2, 0.25) is 0 Å². The minimum Gasteiger partial charge on any atom is -0.387 e. The van der Waals surface area contributed by atoms with Gasteiger partial charge in [0.15, 0.2) is 0 Å². The van der Waals surface area contributed by atoms with Crippen molar-refractivity contribution in [3.05, 3.63) is 29.7 Å². The SMILES string of the molecule is CNc1c(C(F)(F)F)cnc2[nH]cc(C3=CN(C4CCN(C)CC4)NC3)c12. The fourth-order valence-electron chi connectivity index (χ4n) is 3.93. The lowest BCUT2D eigenvalue weighted by atomic mass is 10.0. The molecule has 4 heterocycles. The van der Waals surface area contributed by atoms with E-state index in [0.29, 0.717) is 23.6 Å². The summed E-state index contributed by atoms with van der Waals surface area (Å²) in [4.78, 5) is 9.30. The van der Waals surface area contributed by atoms with Crippen LogP contribution in [0.15, 0.2) is 18.6 Å². The lowest BCUT2D eigenvalue weighted by molar-refractivity contribution is -0.137. The molecule has 2 aliphatic heterocycles. The normalized spacial score (nSPS) is 19.7. The zero-order chi connectivity index (χ0) is 19.2. The second kappa shape index (κ2) is 6.72. The maximum atomic E-state index is 13.4. The predicted octanol–water partition coefficient (Wildman–Crippen LogP) is 2.88. The molecule has 2 aliphatic rings. The van der Waals surface area contributed by atoms with E-state index in [1.54, 1.807) is 6.20 Å². The van der Waals surface area contributed by atoms with E-state index in [9.17, 15) is 13.2 Å². The highest BCUT2D eigenvalue weighted by atomic mass is 19.4. The first-order valence-electron chi connectivity index (χ1n) is 9.05. The number of nitrogens with one attached hydrogen (secondary N) is 3. The first-order chi connectivity index (χ1) is 12.9. The van der Waals surface area contributed by atoms with Gasteiger partial charge in [-0.05, 0) is 38.6 Å². The third kappa shape index (κ3) is 3.25. The van der Waals surface area contributed by atoms with Crippen LogP contribution in [-0.4, -0.2) is 59.6 Å². The van der Waals surface area contributed by atoms with Gasteiger partial charge in [0.05, 0.1) is 16.6 Å². The third-order valence-corrected chi connectivity index (χ3v) is 5.43. The molecule has 2 aromatic heterocycles. The van der Waals surface area contributed by atoms with E-state index >= 15 is 0 Å². The number of halogens is 3. The Bertz CT molecular complexity index is 864. The molecule has 0 bridgehead atoms. The summed E-state index contributed by atoms with van der Waals surface area (Å²) in [6.07, 6.45) is 2.30. The minimum atomic E-state index is -4.46. The molecule has 0 radical (unpaired) electrons. The van der Waals surface area contributed by atoms with E-state index in [1.165, 1.54) is 7.05 Å². The van der Waals surface area contributed by atoms with Crippen molar-refractivity contribution in [1.29, 1.82) is 0 Å². The van der Waals surface area contributed by atoms with Gasteiger partial charge in [-0.15, -0.1) is 0 Å². The molecule has 1 fully saturated rings. The summed E-state index contributed by atoms with van der Waals surface area (Å²) in [6, 6.07) is 0.400. The Morgan fingerprint density at radius 2 is 2.00 bits per heavy atom. The predicted molar refractivity (Wildman–Crippen MR) is 99.0 cm³/mol. The summed E-state index contributed by atoms with van der Waals surface area (Å²) >= 11 is 0. The van der Waals surface area contributed by atoms with Crippen molar-refractivity contribution in [2.75, 3.05) is 39.0 Å². The van der Waals surface area contributed by atoms with Gasteiger partial charge in [-0.25, -0.2) is 10.4 Å². The van der Waals surface area contributed by atoms with E-state index in [-0.39, 0.29) is 5.69 Å². The maximum Gasteiger partial charge on any atom is 0.419 e. The molecule has 146 valence electrons. The van der Waals surface area contributed by atoms with Crippen molar-refractivity contribution in [2.45, 2.75) is 25.1 Å². The summed E-state index contributed by atoms with van der Waals surface area (Å²) in [5.41, 5.74) is 4.82. The van der Waals surface area contributed by atoms with Gasteiger partial charge in [-0.1, -0.05) is 0 Å². The Balaban J connectivity index is 1.71. The molecule has 0 aliphatic carbocycles. The highest BCUT2D eigenvalue weighted by Gasteiger charge is 2.36. The van der Waals surface area contributed by atoms with Gasteiger partial charge in [0.2, 0.25) is 0 Å². The van der Waals surface area contributed by atoms with Gasteiger partial charge >= 0.3 is 6.18 Å². The molecule has 0 saturated carbocycles. The van der Waals surface area contributed by atoms with Crippen LogP contribution in [0.3, 0.4) is 0 Å². The van der Waals surface area contributed by atoms with E-state index in [4.69, 9.17) is 0 Å². The fraction of sp³-hybridized carbons (Fsp3) is 0.500. The van der Waals surface area contributed by atoms with Gasteiger partial charge in [-0.3, -0.25) is 0 Å². The smallest absolute Gasteiger partial charge is 0.387 e. The number of H-pyrrole nitrogens is 1. The zero-order valence-corrected chi connectivity index (χ0v) is 15.3. The van der Waals surface area contributed by atoms with Crippen LogP contribution in [0.25, 0.3) is 16.6 Å². The topological polar surface area (TPSA) is 59.2 Å². The van der Waals surface area contributed by atoms with E-state index in [2.05, 4.69) is 37.7 Å². The second-order valence-electron chi connectivity index (χ2n) is 7.15.